The molecule has 0 aliphatic carbocycles. The van der Waals surface area contributed by atoms with E-state index < -0.39 is 0 Å². The normalized spacial score (nSPS) is 11.6. The zero-order valence-corrected chi connectivity index (χ0v) is 17.7. The molecule has 1 aromatic carbocycles. The average Bonchev–Trinajstić information content (AvgIpc) is 3.06. The van der Waals surface area contributed by atoms with Crippen molar-refractivity contribution in [3.05, 3.63) is 41.8 Å². The van der Waals surface area contributed by atoms with Gasteiger partial charge in [0.15, 0.2) is 0 Å². The lowest BCUT2D eigenvalue weighted by Crippen LogP contribution is -2.14. The molecule has 0 radical (unpaired) electrons. The summed E-state index contributed by atoms with van der Waals surface area (Å²) in [6, 6.07) is 8.04. The van der Waals surface area contributed by atoms with Gasteiger partial charge in [0.2, 0.25) is 5.91 Å². The summed E-state index contributed by atoms with van der Waals surface area (Å²) < 4.78 is 15.0. The van der Waals surface area contributed by atoms with Crippen LogP contribution in [0.1, 0.15) is 84.8 Å². The Morgan fingerprint density at radius 1 is 1.04 bits per heavy atom. The topological polar surface area (TPSA) is 46.9 Å². The number of carbonyl (C=O) groups is 1. The van der Waals surface area contributed by atoms with Crippen LogP contribution < -0.4 is 5.32 Å². The van der Waals surface area contributed by atoms with E-state index in [1.54, 1.807) is 16.8 Å². The number of benzene rings is 1. The first-order valence-electron chi connectivity index (χ1n) is 10.5. The Balaban J connectivity index is 2.00. The molecular formula is C23H34FN3O. The van der Waals surface area contributed by atoms with Gasteiger partial charge < -0.3 is 5.32 Å². The van der Waals surface area contributed by atoms with Gasteiger partial charge in [-0.15, -0.1) is 0 Å². The van der Waals surface area contributed by atoms with Crippen LogP contribution in [0.5, 0.6) is 0 Å². The highest BCUT2D eigenvalue weighted by Gasteiger charge is 2.21. The van der Waals surface area contributed by atoms with Crippen LogP contribution in [-0.4, -0.2) is 15.7 Å². The number of carbonyl (C=O) groups excluding carboxylic acids is 1. The van der Waals surface area contributed by atoms with Crippen LogP contribution in [-0.2, 0) is 10.2 Å². The third-order valence-electron chi connectivity index (χ3n) is 4.82. The third-order valence-corrected chi connectivity index (χ3v) is 4.82. The largest absolute Gasteiger partial charge is 0.311 e. The van der Waals surface area contributed by atoms with Gasteiger partial charge in [0.25, 0.3) is 0 Å². The number of aromatic nitrogens is 2. The molecule has 4 nitrogen and oxygen atoms in total. The van der Waals surface area contributed by atoms with Crippen molar-refractivity contribution in [3.63, 3.8) is 0 Å². The van der Waals surface area contributed by atoms with E-state index in [2.05, 4.69) is 38.1 Å². The zero-order valence-electron chi connectivity index (χ0n) is 17.7. The van der Waals surface area contributed by atoms with Crippen molar-refractivity contribution in [3.8, 4) is 5.69 Å². The Morgan fingerprint density at radius 2 is 1.64 bits per heavy atom. The fraction of sp³-hybridized carbons (Fsp3) is 0.565. The fourth-order valence-corrected chi connectivity index (χ4v) is 3.06. The lowest BCUT2D eigenvalue weighted by atomic mass is 9.92. The van der Waals surface area contributed by atoms with Crippen molar-refractivity contribution >= 4 is 11.7 Å². The van der Waals surface area contributed by atoms with Gasteiger partial charge in [-0.25, -0.2) is 9.07 Å². The fourth-order valence-electron chi connectivity index (χ4n) is 3.06. The Kier molecular flexibility index (Phi) is 8.21. The zero-order chi connectivity index (χ0) is 20.6. The van der Waals surface area contributed by atoms with E-state index in [1.165, 1.54) is 44.2 Å². The number of anilines is 1. The van der Waals surface area contributed by atoms with Gasteiger partial charge in [-0.3, -0.25) is 4.79 Å². The summed E-state index contributed by atoms with van der Waals surface area (Å²) in [4.78, 5) is 12.4. The second-order valence-electron chi connectivity index (χ2n) is 8.47. The van der Waals surface area contributed by atoms with Crippen molar-refractivity contribution in [2.24, 2.45) is 0 Å². The van der Waals surface area contributed by atoms with E-state index in [4.69, 9.17) is 0 Å². The molecule has 2 aromatic rings. The molecule has 1 aromatic heterocycles. The highest BCUT2D eigenvalue weighted by Crippen LogP contribution is 2.26. The second-order valence-corrected chi connectivity index (χ2v) is 8.47. The molecule has 0 bridgehead atoms. The number of rotatable bonds is 10. The molecule has 1 amide bonds. The first-order valence-corrected chi connectivity index (χ1v) is 10.5. The summed E-state index contributed by atoms with van der Waals surface area (Å²) in [5.41, 5.74) is 1.45. The Labute approximate surface area is 168 Å². The third kappa shape index (κ3) is 6.77. The van der Waals surface area contributed by atoms with Gasteiger partial charge >= 0.3 is 0 Å². The van der Waals surface area contributed by atoms with Crippen molar-refractivity contribution < 1.29 is 9.18 Å². The first kappa shape index (κ1) is 22.1. The highest BCUT2D eigenvalue weighted by molar-refractivity contribution is 5.90. The van der Waals surface area contributed by atoms with E-state index in [9.17, 15) is 9.18 Å². The number of nitrogens with one attached hydrogen (secondary N) is 1. The molecule has 0 aliphatic heterocycles. The maximum atomic E-state index is 13.3. The molecule has 0 aliphatic rings. The molecule has 0 unspecified atom stereocenters. The predicted molar refractivity (Wildman–Crippen MR) is 113 cm³/mol. The van der Waals surface area contributed by atoms with E-state index in [1.807, 2.05) is 6.07 Å². The van der Waals surface area contributed by atoms with Crippen LogP contribution >= 0.6 is 0 Å². The molecule has 28 heavy (non-hydrogen) atoms. The summed E-state index contributed by atoms with van der Waals surface area (Å²) in [6.45, 7) is 8.45. The Hall–Kier alpha value is -2.17. The lowest BCUT2D eigenvalue weighted by Gasteiger charge is -2.14. The smallest absolute Gasteiger partial charge is 0.225 e. The minimum Gasteiger partial charge on any atom is -0.311 e. The number of halogens is 1. The summed E-state index contributed by atoms with van der Waals surface area (Å²) in [5.74, 6) is 0.332. The SMILES string of the molecule is CCCCCCCCCC(=O)Nc1cc(C(C)(C)C)nn1-c1ccc(F)cc1. The van der Waals surface area contributed by atoms with E-state index in [-0.39, 0.29) is 17.1 Å². The Morgan fingerprint density at radius 3 is 2.25 bits per heavy atom. The van der Waals surface area contributed by atoms with Gasteiger partial charge in [-0.05, 0) is 30.7 Å². The van der Waals surface area contributed by atoms with Gasteiger partial charge in [0, 0.05) is 17.9 Å². The summed E-state index contributed by atoms with van der Waals surface area (Å²) in [5, 5.41) is 7.65. The van der Waals surface area contributed by atoms with E-state index in [0.717, 1.165) is 24.2 Å². The van der Waals surface area contributed by atoms with Crippen LogP contribution in [0.15, 0.2) is 30.3 Å². The molecule has 1 N–H and O–H groups in total. The first-order chi connectivity index (χ1) is 13.3. The molecule has 0 fully saturated rings. The van der Waals surface area contributed by atoms with Crippen LogP contribution in [0.3, 0.4) is 0 Å². The molecule has 5 heteroatoms. The summed E-state index contributed by atoms with van der Waals surface area (Å²) in [7, 11) is 0. The number of hydrogen-bond acceptors (Lipinski definition) is 2. The van der Waals surface area contributed by atoms with Crippen LogP contribution in [0.4, 0.5) is 10.2 Å². The van der Waals surface area contributed by atoms with Gasteiger partial charge in [-0.1, -0.05) is 66.2 Å². The average molecular weight is 388 g/mol. The molecule has 154 valence electrons. The van der Waals surface area contributed by atoms with Crippen molar-refractivity contribution in [2.75, 3.05) is 5.32 Å². The van der Waals surface area contributed by atoms with Gasteiger partial charge in [0.05, 0.1) is 11.4 Å². The van der Waals surface area contributed by atoms with Crippen molar-refractivity contribution in [1.82, 2.24) is 9.78 Å². The summed E-state index contributed by atoms with van der Waals surface area (Å²) >= 11 is 0. The van der Waals surface area contributed by atoms with Gasteiger partial charge in [-0.2, -0.15) is 5.10 Å². The molecule has 0 atom stereocenters. The molecule has 0 saturated heterocycles. The standard InChI is InChI=1S/C23H34FN3O/c1-5-6-7-8-9-10-11-12-22(28)25-21-17-20(23(2,3)4)26-27(21)19-15-13-18(24)14-16-19/h13-17H,5-12H2,1-4H3,(H,25,28). The minimum absolute atomic E-state index is 0.00252. The van der Waals surface area contributed by atoms with Crippen molar-refractivity contribution in [2.45, 2.75) is 84.5 Å². The predicted octanol–water partition coefficient (Wildman–Crippen LogP) is 6.39. The van der Waals surface area contributed by atoms with E-state index in [0.29, 0.717) is 12.2 Å². The molecule has 2 rings (SSSR count). The van der Waals surface area contributed by atoms with Crippen molar-refractivity contribution in [1.29, 1.82) is 0 Å². The molecule has 0 saturated carbocycles. The van der Waals surface area contributed by atoms with E-state index >= 15 is 0 Å². The van der Waals surface area contributed by atoms with Crippen LogP contribution in [0, 0.1) is 5.82 Å². The molecular weight excluding hydrogens is 353 g/mol. The number of nitrogens with zero attached hydrogens (tertiary/aromatic N) is 2. The molecule has 1 heterocycles. The maximum absolute atomic E-state index is 13.3. The highest BCUT2D eigenvalue weighted by atomic mass is 19.1. The summed E-state index contributed by atoms with van der Waals surface area (Å²) in [6.07, 6.45) is 8.76. The lowest BCUT2D eigenvalue weighted by molar-refractivity contribution is -0.116. The quantitative estimate of drug-likeness (QED) is 0.480. The number of unbranched alkanes of at least 4 members (excludes halogenated alkanes) is 6. The van der Waals surface area contributed by atoms with Gasteiger partial charge in [0.1, 0.15) is 11.6 Å². The second kappa shape index (κ2) is 10.4. The van der Waals surface area contributed by atoms with Crippen LogP contribution in [0.25, 0.3) is 5.69 Å². The number of hydrogen-bond donors (Lipinski definition) is 1. The monoisotopic (exact) mass is 387 g/mol. The molecule has 0 spiro atoms. The van der Waals surface area contributed by atoms with Crippen LogP contribution in [0.2, 0.25) is 0 Å². The minimum atomic E-state index is -0.295. The Bertz CT molecular complexity index is 744. The maximum Gasteiger partial charge on any atom is 0.225 e. The number of amides is 1.